The average molecular weight is 270 g/mol. The summed E-state index contributed by atoms with van der Waals surface area (Å²) in [5.74, 6) is -0.140. The van der Waals surface area contributed by atoms with E-state index in [4.69, 9.17) is 27.6 Å². The highest BCUT2D eigenvalue weighted by atomic mass is 35.5. The number of furan rings is 1. The number of carbonyl (C=O) groups is 1. The number of nitrogens with one attached hydrogen (secondary N) is 1. The Morgan fingerprint density at radius 1 is 1.18 bits per heavy atom. The first kappa shape index (κ1) is 12.0. The second-order valence-electron chi connectivity index (χ2n) is 3.38. The fourth-order valence-electron chi connectivity index (χ4n) is 1.34. The zero-order chi connectivity index (χ0) is 12.3. The minimum atomic E-state index is -0.322. The van der Waals surface area contributed by atoms with Crippen LogP contribution in [0.4, 0.5) is 0 Å². The van der Waals surface area contributed by atoms with E-state index in [9.17, 15) is 4.79 Å². The zero-order valence-corrected chi connectivity index (χ0v) is 10.3. The van der Waals surface area contributed by atoms with Crippen molar-refractivity contribution in [3.05, 3.63) is 58.0 Å². The number of amides is 1. The van der Waals surface area contributed by atoms with Crippen LogP contribution >= 0.6 is 23.2 Å². The topological polar surface area (TPSA) is 42.2 Å². The van der Waals surface area contributed by atoms with Gasteiger partial charge >= 0.3 is 0 Å². The van der Waals surface area contributed by atoms with Gasteiger partial charge < -0.3 is 9.73 Å². The van der Waals surface area contributed by atoms with Crippen molar-refractivity contribution in [1.29, 1.82) is 0 Å². The van der Waals surface area contributed by atoms with E-state index in [-0.39, 0.29) is 16.9 Å². The Morgan fingerprint density at radius 3 is 2.59 bits per heavy atom. The number of carbonyl (C=O) groups excluding carboxylic acids is 1. The van der Waals surface area contributed by atoms with Crippen molar-refractivity contribution >= 4 is 29.1 Å². The number of hydrogen-bond acceptors (Lipinski definition) is 2. The van der Waals surface area contributed by atoms with Gasteiger partial charge in [0.25, 0.3) is 5.91 Å². The van der Waals surface area contributed by atoms with Gasteiger partial charge in [0.15, 0.2) is 11.0 Å². The summed E-state index contributed by atoms with van der Waals surface area (Å²) in [6.07, 6.45) is 0. The van der Waals surface area contributed by atoms with Gasteiger partial charge in [-0.15, -0.1) is 0 Å². The minimum absolute atomic E-state index is 0.182. The van der Waals surface area contributed by atoms with Crippen LogP contribution in [0.3, 0.4) is 0 Å². The molecule has 0 aliphatic heterocycles. The lowest BCUT2D eigenvalue weighted by molar-refractivity contribution is 0.0923. The van der Waals surface area contributed by atoms with Crippen molar-refractivity contribution in [3.8, 4) is 0 Å². The van der Waals surface area contributed by atoms with Gasteiger partial charge in [-0.25, -0.2) is 0 Å². The molecule has 1 heterocycles. The Kier molecular flexibility index (Phi) is 3.71. The minimum Gasteiger partial charge on any atom is -0.440 e. The third-order valence-electron chi connectivity index (χ3n) is 2.19. The Bertz CT molecular complexity index is 537. The number of halogens is 2. The van der Waals surface area contributed by atoms with E-state index in [1.54, 1.807) is 6.07 Å². The molecular weight excluding hydrogens is 261 g/mol. The quantitative estimate of drug-likeness (QED) is 0.927. The Balaban J connectivity index is 1.99. The molecule has 1 aromatic carbocycles. The van der Waals surface area contributed by atoms with Crippen LogP contribution in [0.25, 0.3) is 0 Å². The van der Waals surface area contributed by atoms with Crippen LogP contribution < -0.4 is 5.32 Å². The molecule has 0 radical (unpaired) electrons. The predicted molar refractivity (Wildman–Crippen MR) is 66.3 cm³/mol. The van der Waals surface area contributed by atoms with Crippen LogP contribution in [0.5, 0.6) is 0 Å². The highest BCUT2D eigenvalue weighted by Crippen LogP contribution is 2.15. The average Bonchev–Trinajstić information content (AvgIpc) is 2.74. The molecule has 0 saturated carbocycles. The van der Waals surface area contributed by atoms with E-state index in [1.807, 2.05) is 18.2 Å². The summed E-state index contributed by atoms with van der Waals surface area (Å²) in [5, 5.41) is 3.50. The normalized spacial score (nSPS) is 10.2. The molecule has 1 aromatic heterocycles. The van der Waals surface area contributed by atoms with Crippen LogP contribution in [0.2, 0.25) is 10.2 Å². The van der Waals surface area contributed by atoms with Crippen LogP contribution in [-0.4, -0.2) is 5.91 Å². The molecule has 0 atom stereocenters. The Morgan fingerprint density at radius 2 is 1.94 bits per heavy atom. The summed E-state index contributed by atoms with van der Waals surface area (Å²) in [4.78, 5) is 11.6. The molecule has 3 nitrogen and oxygen atoms in total. The van der Waals surface area contributed by atoms with E-state index < -0.39 is 0 Å². The van der Waals surface area contributed by atoms with Gasteiger partial charge in [0.05, 0.1) is 0 Å². The first-order valence-electron chi connectivity index (χ1n) is 4.94. The highest BCUT2D eigenvalue weighted by molar-refractivity contribution is 6.31. The second kappa shape index (κ2) is 5.25. The lowest BCUT2D eigenvalue weighted by Crippen LogP contribution is -2.22. The fourth-order valence-corrected chi connectivity index (χ4v) is 1.69. The number of rotatable bonds is 3. The highest BCUT2D eigenvalue weighted by Gasteiger charge is 2.10. The SMILES string of the molecule is O=C(NCc1ccccc1Cl)c1ccc(Cl)o1. The van der Waals surface area contributed by atoms with E-state index in [2.05, 4.69) is 5.32 Å². The van der Waals surface area contributed by atoms with Gasteiger partial charge in [-0.3, -0.25) is 4.79 Å². The molecule has 17 heavy (non-hydrogen) atoms. The van der Waals surface area contributed by atoms with Gasteiger partial charge in [0, 0.05) is 11.6 Å². The summed E-state index contributed by atoms with van der Waals surface area (Å²) in [6.45, 7) is 0.344. The van der Waals surface area contributed by atoms with Gasteiger partial charge in [0.2, 0.25) is 0 Å². The monoisotopic (exact) mass is 269 g/mol. The molecule has 0 bridgehead atoms. The van der Waals surface area contributed by atoms with Gasteiger partial charge in [0.1, 0.15) is 0 Å². The van der Waals surface area contributed by atoms with E-state index in [1.165, 1.54) is 12.1 Å². The maximum atomic E-state index is 11.6. The molecule has 5 heteroatoms. The largest absolute Gasteiger partial charge is 0.440 e. The maximum Gasteiger partial charge on any atom is 0.287 e. The van der Waals surface area contributed by atoms with Crippen molar-refractivity contribution in [2.45, 2.75) is 6.54 Å². The summed E-state index contributed by atoms with van der Waals surface area (Å²) < 4.78 is 4.98. The molecule has 0 fully saturated rings. The number of hydrogen-bond donors (Lipinski definition) is 1. The summed E-state index contributed by atoms with van der Waals surface area (Å²) in [7, 11) is 0. The van der Waals surface area contributed by atoms with Crippen LogP contribution in [0.15, 0.2) is 40.8 Å². The third kappa shape index (κ3) is 3.02. The van der Waals surface area contributed by atoms with Crippen molar-refractivity contribution in [3.63, 3.8) is 0 Å². The molecule has 2 aromatic rings. The fraction of sp³-hybridized carbons (Fsp3) is 0.0833. The molecule has 0 saturated heterocycles. The Labute approximate surface area is 108 Å². The molecule has 0 aliphatic carbocycles. The molecule has 1 amide bonds. The standard InChI is InChI=1S/C12H9Cl2NO2/c13-9-4-2-1-3-8(9)7-15-12(16)10-5-6-11(14)17-10/h1-6H,7H2,(H,15,16). The maximum absolute atomic E-state index is 11.6. The second-order valence-corrected chi connectivity index (χ2v) is 4.16. The van der Waals surface area contributed by atoms with E-state index in [0.717, 1.165) is 5.56 Å². The predicted octanol–water partition coefficient (Wildman–Crippen LogP) is 3.52. The molecule has 0 unspecified atom stereocenters. The van der Waals surface area contributed by atoms with E-state index >= 15 is 0 Å². The van der Waals surface area contributed by atoms with Gasteiger partial charge in [-0.2, -0.15) is 0 Å². The molecule has 1 N–H and O–H groups in total. The molecule has 0 aliphatic rings. The van der Waals surface area contributed by atoms with Gasteiger partial charge in [-0.1, -0.05) is 29.8 Å². The van der Waals surface area contributed by atoms with Crippen molar-refractivity contribution in [2.24, 2.45) is 0 Å². The summed E-state index contributed by atoms with van der Waals surface area (Å²) in [5.41, 5.74) is 0.847. The molecular formula is C12H9Cl2NO2. The van der Waals surface area contributed by atoms with E-state index in [0.29, 0.717) is 11.6 Å². The first-order valence-corrected chi connectivity index (χ1v) is 5.69. The summed E-state index contributed by atoms with van der Waals surface area (Å²) in [6, 6.07) is 10.3. The van der Waals surface area contributed by atoms with Crippen LogP contribution in [0, 0.1) is 0 Å². The van der Waals surface area contributed by atoms with Crippen LogP contribution in [-0.2, 0) is 6.54 Å². The Hall–Kier alpha value is -1.45. The zero-order valence-electron chi connectivity index (χ0n) is 8.74. The third-order valence-corrected chi connectivity index (χ3v) is 2.77. The van der Waals surface area contributed by atoms with Crippen molar-refractivity contribution < 1.29 is 9.21 Å². The number of benzene rings is 1. The lowest BCUT2D eigenvalue weighted by atomic mass is 10.2. The van der Waals surface area contributed by atoms with Crippen LogP contribution in [0.1, 0.15) is 16.1 Å². The lowest BCUT2D eigenvalue weighted by Gasteiger charge is -2.04. The molecule has 2 rings (SSSR count). The first-order chi connectivity index (χ1) is 8.16. The van der Waals surface area contributed by atoms with Gasteiger partial charge in [-0.05, 0) is 35.4 Å². The van der Waals surface area contributed by atoms with Crippen molar-refractivity contribution in [2.75, 3.05) is 0 Å². The smallest absolute Gasteiger partial charge is 0.287 e. The van der Waals surface area contributed by atoms with Crippen molar-refractivity contribution in [1.82, 2.24) is 5.32 Å². The summed E-state index contributed by atoms with van der Waals surface area (Å²) >= 11 is 11.5. The molecule has 88 valence electrons. The molecule has 0 spiro atoms.